The average molecular weight is 405 g/mol. The van der Waals surface area contributed by atoms with Crippen LogP contribution in [0.4, 0.5) is 5.69 Å². The second-order valence-electron chi connectivity index (χ2n) is 7.29. The van der Waals surface area contributed by atoms with E-state index in [2.05, 4.69) is 41.5 Å². The molecule has 0 aliphatic carbocycles. The third kappa shape index (κ3) is 6.71. The maximum absolute atomic E-state index is 11.8. The maximum atomic E-state index is 11.8. The van der Waals surface area contributed by atoms with Crippen molar-refractivity contribution in [2.24, 2.45) is 0 Å². The van der Waals surface area contributed by atoms with Crippen LogP contribution >= 0.6 is 0 Å². The van der Waals surface area contributed by atoms with Crippen molar-refractivity contribution in [1.29, 1.82) is 0 Å². The molecule has 30 heavy (non-hydrogen) atoms. The lowest BCUT2D eigenvalue weighted by atomic mass is 10.0. The summed E-state index contributed by atoms with van der Waals surface area (Å²) in [6.07, 6.45) is 8.73. The molecule has 0 bridgehead atoms. The van der Waals surface area contributed by atoms with E-state index in [9.17, 15) is 9.59 Å². The fourth-order valence-electron chi connectivity index (χ4n) is 3.32. The number of carbonyl (C=O) groups excluding carboxylic acids is 2. The third-order valence-corrected chi connectivity index (χ3v) is 5.02. The zero-order valence-corrected chi connectivity index (χ0v) is 17.1. The van der Waals surface area contributed by atoms with Crippen molar-refractivity contribution < 1.29 is 14.3 Å². The normalized spacial score (nSPS) is 15.8. The van der Waals surface area contributed by atoms with Crippen LogP contribution < -0.4 is 10.6 Å². The van der Waals surface area contributed by atoms with Gasteiger partial charge >= 0.3 is 0 Å². The summed E-state index contributed by atoms with van der Waals surface area (Å²) in [5.74, 6) is -0.282. The van der Waals surface area contributed by atoms with Crippen LogP contribution in [0.3, 0.4) is 0 Å². The molecule has 3 rings (SSSR count). The van der Waals surface area contributed by atoms with Gasteiger partial charge in [0.2, 0.25) is 11.8 Å². The molecule has 5 heteroatoms. The molecule has 2 aromatic rings. The smallest absolute Gasteiger partial charge is 0.247 e. The lowest BCUT2D eigenvalue weighted by Gasteiger charge is -2.08. The zero-order valence-electron chi connectivity index (χ0n) is 17.1. The van der Waals surface area contributed by atoms with Crippen molar-refractivity contribution in [3.05, 3.63) is 78.9 Å². The van der Waals surface area contributed by atoms with Gasteiger partial charge in [-0.3, -0.25) is 9.59 Å². The Morgan fingerprint density at radius 1 is 1.03 bits per heavy atom. The molecule has 1 saturated heterocycles. The number of amides is 2. The topological polar surface area (TPSA) is 67.4 Å². The summed E-state index contributed by atoms with van der Waals surface area (Å²) < 4.78 is 5.50. The fraction of sp³-hybridized carbons (Fsp3) is 0.280. The van der Waals surface area contributed by atoms with Crippen molar-refractivity contribution in [1.82, 2.24) is 5.32 Å². The molecule has 2 N–H and O–H groups in total. The highest BCUT2D eigenvalue weighted by molar-refractivity contribution is 5.99. The Morgan fingerprint density at radius 3 is 2.37 bits per heavy atom. The number of allylic oxidation sites excluding steroid dienone is 1. The van der Waals surface area contributed by atoms with Crippen LogP contribution in [0, 0.1) is 0 Å². The molecule has 0 radical (unpaired) electrons. The molecule has 1 aliphatic rings. The Hall–Kier alpha value is -3.18. The van der Waals surface area contributed by atoms with E-state index < -0.39 is 0 Å². The molecular formula is C25H28N2O3. The first-order valence-electron chi connectivity index (χ1n) is 10.3. The number of hydrogen-bond acceptors (Lipinski definition) is 3. The van der Waals surface area contributed by atoms with E-state index in [-0.39, 0.29) is 17.9 Å². The van der Waals surface area contributed by atoms with Gasteiger partial charge in [0.1, 0.15) is 0 Å². The SMILES string of the molecule is C=CC(=O)Nc1ccc(-c2ccc(CC/C=C\C(=O)NCC3CCCO3)cc2)cc1. The van der Waals surface area contributed by atoms with E-state index in [1.165, 1.54) is 11.6 Å². The molecule has 5 nitrogen and oxygen atoms in total. The predicted octanol–water partition coefficient (Wildman–Crippen LogP) is 4.26. The quantitative estimate of drug-likeness (QED) is 0.614. The molecular weight excluding hydrogens is 376 g/mol. The van der Waals surface area contributed by atoms with Crippen molar-refractivity contribution in [3.8, 4) is 11.1 Å². The Balaban J connectivity index is 1.43. The summed E-state index contributed by atoms with van der Waals surface area (Å²) in [6, 6.07) is 16.1. The van der Waals surface area contributed by atoms with Crippen LogP contribution in [0.2, 0.25) is 0 Å². The molecule has 0 saturated carbocycles. The van der Waals surface area contributed by atoms with Crippen LogP contribution in [0.15, 0.2) is 73.3 Å². The van der Waals surface area contributed by atoms with E-state index in [4.69, 9.17) is 4.74 Å². The van der Waals surface area contributed by atoms with Gasteiger partial charge in [-0.2, -0.15) is 0 Å². The molecule has 156 valence electrons. The lowest BCUT2D eigenvalue weighted by Crippen LogP contribution is -2.30. The molecule has 0 aromatic heterocycles. The van der Waals surface area contributed by atoms with Crippen molar-refractivity contribution in [2.75, 3.05) is 18.5 Å². The van der Waals surface area contributed by atoms with Gasteiger partial charge in [0.05, 0.1) is 6.10 Å². The molecule has 1 aliphatic heterocycles. The Bertz CT molecular complexity index is 880. The number of hydrogen-bond donors (Lipinski definition) is 2. The minimum absolute atomic E-state index is 0.0615. The van der Waals surface area contributed by atoms with E-state index in [0.29, 0.717) is 6.54 Å². The fourth-order valence-corrected chi connectivity index (χ4v) is 3.32. The van der Waals surface area contributed by atoms with Gasteiger partial charge < -0.3 is 15.4 Å². The second-order valence-corrected chi connectivity index (χ2v) is 7.29. The molecule has 1 fully saturated rings. The number of nitrogens with one attached hydrogen (secondary N) is 2. The highest BCUT2D eigenvalue weighted by Crippen LogP contribution is 2.22. The zero-order chi connectivity index (χ0) is 21.2. The first kappa shape index (κ1) is 21.5. The summed E-state index contributed by atoms with van der Waals surface area (Å²) in [6.45, 7) is 4.84. The van der Waals surface area contributed by atoms with Crippen LogP contribution in [0.5, 0.6) is 0 Å². The van der Waals surface area contributed by atoms with Crippen LogP contribution in [0.25, 0.3) is 11.1 Å². The number of ether oxygens (including phenoxy) is 1. The summed E-state index contributed by atoms with van der Waals surface area (Å²) >= 11 is 0. The number of aryl methyl sites for hydroxylation is 1. The average Bonchev–Trinajstić information content (AvgIpc) is 3.30. The molecule has 1 atom stereocenters. The van der Waals surface area contributed by atoms with E-state index in [1.807, 2.05) is 30.3 Å². The first-order chi connectivity index (χ1) is 14.6. The monoisotopic (exact) mass is 404 g/mol. The van der Waals surface area contributed by atoms with Gasteiger partial charge in [0.15, 0.2) is 0 Å². The van der Waals surface area contributed by atoms with Gasteiger partial charge in [-0.1, -0.05) is 49.1 Å². The van der Waals surface area contributed by atoms with Gasteiger partial charge in [-0.15, -0.1) is 0 Å². The minimum Gasteiger partial charge on any atom is -0.376 e. The lowest BCUT2D eigenvalue weighted by molar-refractivity contribution is -0.117. The van der Waals surface area contributed by atoms with Crippen LogP contribution in [-0.2, 0) is 20.7 Å². The van der Waals surface area contributed by atoms with Crippen molar-refractivity contribution in [2.45, 2.75) is 31.8 Å². The van der Waals surface area contributed by atoms with Gasteiger partial charge in [0.25, 0.3) is 0 Å². The van der Waals surface area contributed by atoms with E-state index >= 15 is 0 Å². The first-order valence-corrected chi connectivity index (χ1v) is 10.3. The summed E-state index contributed by atoms with van der Waals surface area (Å²) in [7, 11) is 0. The predicted molar refractivity (Wildman–Crippen MR) is 120 cm³/mol. The highest BCUT2D eigenvalue weighted by atomic mass is 16.5. The number of rotatable bonds is 9. The standard InChI is InChI=1S/C25H28N2O3/c1-2-24(28)27-22-15-13-21(14-16-22)20-11-9-19(10-12-20)6-3-4-8-25(29)26-18-23-7-5-17-30-23/h2,4,8-16,23H,1,3,5-7,17-18H2,(H,26,29)(H,27,28)/b8-4-. The van der Waals surface area contributed by atoms with Gasteiger partial charge in [-0.25, -0.2) is 0 Å². The molecule has 2 amide bonds. The highest BCUT2D eigenvalue weighted by Gasteiger charge is 2.15. The summed E-state index contributed by atoms with van der Waals surface area (Å²) in [5, 5.41) is 5.63. The molecule has 1 unspecified atom stereocenters. The second kappa shape index (κ2) is 11.1. The number of carbonyl (C=O) groups is 2. The summed E-state index contributed by atoms with van der Waals surface area (Å²) in [4.78, 5) is 23.2. The number of benzene rings is 2. The summed E-state index contributed by atoms with van der Waals surface area (Å²) in [5.41, 5.74) is 4.16. The number of anilines is 1. The molecule has 1 heterocycles. The molecule has 0 spiro atoms. The minimum atomic E-state index is -0.221. The Morgan fingerprint density at radius 2 is 1.73 bits per heavy atom. The third-order valence-electron chi connectivity index (χ3n) is 5.02. The van der Waals surface area contributed by atoms with E-state index in [0.717, 1.165) is 49.1 Å². The maximum Gasteiger partial charge on any atom is 0.247 e. The van der Waals surface area contributed by atoms with Crippen LogP contribution in [0.1, 0.15) is 24.8 Å². The molecule has 2 aromatic carbocycles. The largest absolute Gasteiger partial charge is 0.376 e. The van der Waals surface area contributed by atoms with E-state index in [1.54, 1.807) is 6.08 Å². The Kier molecular flexibility index (Phi) is 7.98. The van der Waals surface area contributed by atoms with Crippen LogP contribution in [-0.4, -0.2) is 31.1 Å². The van der Waals surface area contributed by atoms with Gasteiger partial charge in [-0.05, 0) is 66.7 Å². The van der Waals surface area contributed by atoms with Crippen molar-refractivity contribution in [3.63, 3.8) is 0 Å². The van der Waals surface area contributed by atoms with Gasteiger partial charge in [0, 0.05) is 18.8 Å². The Labute approximate surface area is 177 Å². The van der Waals surface area contributed by atoms with Crippen molar-refractivity contribution >= 4 is 17.5 Å².